The lowest BCUT2D eigenvalue weighted by molar-refractivity contribution is -0.673. The molecule has 33 heavy (non-hydrogen) atoms. The molecule has 4 heteroatoms. The average Bonchev–Trinajstić information content (AvgIpc) is 2.83. The van der Waals surface area contributed by atoms with Crippen LogP contribution in [0.3, 0.4) is 0 Å². The molecule has 1 aromatic heterocycles. The third kappa shape index (κ3) is 5.85. The van der Waals surface area contributed by atoms with Gasteiger partial charge in [0, 0.05) is 17.7 Å². The molecule has 0 N–H and O–H groups in total. The largest absolute Gasteiger partial charge is 0.457 e. The molecule has 2 heterocycles. The predicted molar refractivity (Wildman–Crippen MR) is 145 cm³/mol. The maximum absolute atomic E-state index is 6.50. The van der Waals surface area contributed by atoms with Gasteiger partial charge in [-0.15, -0.1) is 0 Å². The van der Waals surface area contributed by atoms with Crippen molar-refractivity contribution in [3.05, 3.63) is 113 Å². The molecule has 0 spiro atoms. The summed E-state index contributed by atoms with van der Waals surface area (Å²) in [4.78, 5) is 0. The number of pyridine rings is 1. The van der Waals surface area contributed by atoms with E-state index in [1.807, 2.05) is 48.4 Å². The van der Waals surface area contributed by atoms with Gasteiger partial charge in [-0.3, -0.25) is 0 Å². The number of fused-ring (bicyclic) bond motifs is 1. The van der Waals surface area contributed by atoms with Gasteiger partial charge in [0.15, 0.2) is 29.2 Å². The van der Waals surface area contributed by atoms with E-state index in [-0.39, 0.29) is 5.92 Å². The first kappa shape index (κ1) is 25.0. The molecule has 0 amide bonds. The van der Waals surface area contributed by atoms with Gasteiger partial charge in [0.05, 0.1) is 5.57 Å². The maximum atomic E-state index is 6.50. The number of rotatable bonds is 6. The standard InChI is InChI=1S/C29H33INO2/c1-7-8-9-10-13-20(2)25-19-28-24(18-21(25)3)15-16-27(33-30)22(4)29(23(5)32-28)26-14-11-12-17-31(26)6/h8-14,16-20H,5,7,15H2,1-4,6H3/q+1/b9-8-,13-10-,27-16+,29-22+. The normalized spacial score (nSPS) is 19.3. The van der Waals surface area contributed by atoms with Crippen LogP contribution in [-0.4, -0.2) is 0 Å². The Morgan fingerprint density at radius 3 is 2.73 bits per heavy atom. The summed E-state index contributed by atoms with van der Waals surface area (Å²) >= 11 is 1.96. The highest BCUT2D eigenvalue weighted by Gasteiger charge is 2.25. The first-order valence-electron chi connectivity index (χ1n) is 11.4. The summed E-state index contributed by atoms with van der Waals surface area (Å²) in [5.41, 5.74) is 6.59. The monoisotopic (exact) mass is 554 g/mol. The second-order valence-electron chi connectivity index (χ2n) is 8.40. The van der Waals surface area contributed by atoms with Crippen molar-refractivity contribution < 1.29 is 12.4 Å². The van der Waals surface area contributed by atoms with E-state index in [1.54, 1.807) is 0 Å². The molecule has 1 aliphatic heterocycles. The fourth-order valence-electron chi connectivity index (χ4n) is 4.14. The molecular weight excluding hydrogens is 521 g/mol. The summed E-state index contributed by atoms with van der Waals surface area (Å²) in [5, 5.41) is 0. The molecule has 0 saturated carbocycles. The Kier molecular flexibility index (Phi) is 8.73. The van der Waals surface area contributed by atoms with Crippen LogP contribution in [0.2, 0.25) is 0 Å². The lowest BCUT2D eigenvalue weighted by atomic mass is 9.93. The SMILES string of the molecule is C=C1Oc2cc(C(C)/C=C\C=C/CC)c(C)cc2C/C=C(OI)\C(C)=C/1c1cccc[n+]1C. The Hall–Kier alpha value is -2.60. The van der Waals surface area contributed by atoms with Crippen LogP contribution < -0.4 is 9.30 Å². The number of nitrogens with zero attached hydrogens (tertiary/aromatic N) is 1. The lowest BCUT2D eigenvalue weighted by Crippen LogP contribution is -2.33. The topological polar surface area (TPSA) is 22.3 Å². The van der Waals surface area contributed by atoms with E-state index in [0.29, 0.717) is 5.76 Å². The van der Waals surface area contributed by atoms with Crippen LogP contribution >= 0.6 is 23.0 Å². The molecule has 0 radical (unpaired) electrons. The molecule has 3 rings (SSSR count). The summed E-state index contributed by atoms with van der Waals surface area (Å²) in [6, 6.07) is 10.5. The number of benzene rings is 1. The number of halogens is 1. The molecule has 1 atom stereocenters. The van der Waals surface area contributed by atoms with Gasteiger partial charge in [-0.05, 0) is 67.5 Å². The van der Waals surface area contributed by atoms with Crippen molar-refractivity contribution in [2.45, 2.75) is 46.5 Å². The van der Waals surface area contributed by atoms with Crippen molar-refractivity contribution in [1.82, 2.24) is 0 Å². The Labute approximate surface area is 212 Å². The van der Waals surface area contributed by atoms with Crippen LogP contribution in [-0.2, 0) is 16.5 Å². The summed E-state index contributed by atoms with van der Waals surface area (Å²) in [5.74, 6) is 2.56. The maximum Gasteiger partial charge on any atom is 0.216 e. The first-order valence-corrected chi connectivity index (χ1v) is 12.2. The highest BCUT2D eigenvalue weighted by atomic mass is 127. The van der Waals surface area contributed by atoms with Crippen molar-refractivity contribution in [2.75, 3.05) is 0 Å². The van der Waals surface area contributed by atoms with Gasteiger partial charge in [0.25, 0.3) is 0 Å². The van der Waals surface area contributed by atoms with Crippen LogP contribution in [0.5, 0.6) is 5.75 Å². The smallest absolute Gasteiger partial charge is 0.216 e. The van der Waals surface area contributed by atoms with E-state index < -0.39 is 0 Å². The quantitative estimate of drug-likeness (QED) is 0.208. The molecule has 172 valence electrons. The average molecular weight is 554 g/mol. The molecule has 0 saturated heterocycles. The van der Waals surface area contributed by atoms with Gasteiger partial charge in [0.1, 0.15) is 24.3 Å². The zero-order chi connectivity index (χ0) is 24.0. The second-order valence-corrected chi connectivity index (χ2v) is 8.84. The summed E-state index contributed by atoms with van der Waals surface area (Å²) in [7, 11) is 2.03. The number of ether oxygens (including phenoxy) is 1. The Morgan fingerprint density at radius 1 is 1.24 bits per heavy atom. The predicted octanol–water partition coefficient (Wildman–Crippen LogP) is 7.62. The fourth-order valence-corrected chi connectivity index (χ4v) is 4.65. The van der Waals surface area contributed by atoms with Crippen molar-refractivity contribution in [2.24, 2.45) is 7.05 Å². The van der Waals surface area contributed by atoms with E-state index in [0.717, 1.165) is 46.8 Å². The highest BCUT2D eigenvalue weighted by Crippen LogP contribution is 2.37. The summed E-state index contributed by atoms with van der Waals surface area (Å²) < 4.78 is 14.3. The van der Waals surface area contributed by atoms with Gasteiger partial charge in [-0.2, -0.15) is 0 Å². The Bertz CT molecular complexity index is 1150. The molecular formula is C29H33INO2+. The molecule has 0 bridgehead atoms. The molecule has 0 fully saturated rings. The molecule has 1 aromatic carbocycles. The highest BCUT2D eigenvalue weighted by molar-refractivity contribution is 14.1. The summed E-state index contributed by atoms with van der Waals surface area (Å²) in [6.07, 6.45) is 14.5. The van der Waals surface area contributed by atoms with Crippen LogP contribution in [0.25, 0.3) is 5.57 Å². The fraction of sp³-hybridized carbons (Fsp3) is 0.276. The van der Waals surface area contributed by atoms with Crippen molar-refractivity contribution in [1.29, 1.82) is 0 Å². The van der Waals surface area contributed by atoms with Gasteiger partial charge in [0.2, 0.25) is 5.69 Å². The van der Waals surface area contributed by atoms with Crippen LogP contribution in [0.15, 0.2) is 90.6 Å². The number of allylic oxidation sites excluding steroid dienone is 7. The minimum atomic E-state index is 0.272. The van der Waals surface area contributed by atoms with Crippen molar-refractivity contribution >= 4 is 28.6 Å². The van der Waals surface area contributed by atoms with Crippen molar-refractivity contribution in [3.63, 3.8) is 0 Å². The van der Waals surface area contributed by atoms with Gasteiger partial charge in [-0.25, -0.2) is 4.57 Å². The van der Waals surface area contributed by atoms with Crippen molar-refractivity contribution in [3.8, 4) is 5.75 Å². The van der Waals surface area contributed by atoms with Crippen LogP contribution in [0, 0.1) is 6.92 Å². The molecule has 3 nitrogen and oxygen atoms in total. The van der Waals surface area contributed by atoms with Crippen LogP contribution in [0.4, 0.5) is 0 Å². The van der Waals surface area contributed by atoms with E-state index in [2.05, 4.69) is 87.4 Å². The molecule has 1 unspecified atom stereocenters. The third-order valence-corrected chi connectivity index (χ3v) is 6.45. The zero-order valence-corrected chi connectivity index (χ0v) is 22.3. The van der Waals surface area contributed by atoms with Gasteiger partial charge >= 0.3 is 0 Å². The van der Waals surface area contributed by atoms with E-state index >= 15 is 0 Å². The Balaban J connectivity index is 2.09. The first-order chi connectivity index (χ1) is 15.9. The number of aromatic nitrogens is 1. The Morgan fingerprint density at radius 2 is 2.03 bits per heavy atom. The van der Waals surface area contributed by atoms with E-state index in [4.69, 9.17) is 7.80 Å². The number of hydrogen-bond acceptors (Lipinski definition) is 2. The lowest BCUT2D eigenvalue weighted by Gasteiger charge is -2.18. The van der Waals surface area contributed by atoms with E-state index in [9.17, 15) is 0 Å². The van der Waals surface area contributed by atoms with Gasteiger partial charge < -0.3 is 7.80 Å². The minimum Gasteiger partial charge on any atom is -0.457 e. The van der Waals surface area contributed by atoms with Gasteiger partial charge in [-0.1, -0.05) is 50.8 Å². The zero-order valence-electron chi connectivity index (χ0n) is 20.2. The second kappa shape index (κ2) is 11.5. The molecule has 2 aromatic rings. The molecule has 1 aliphatic rings. The number of hydrogen-bond donors (Lipinski definition) is 0. The number of aryl methyl sites for hydroxylation is 2. The minimum absolute atomic E-state index is 0.272. The van der Waals surface area contributed by atoms with Crippen LogP contribution in [0.1, 0.15) is 55.5 Å². The summed E-state index contributed by atoms with van der Waals surface area (Å²) in [6.45, 7) is 12.9. The third-order valence-electron chi connectivity index (χ3n) is 5.98. The van der Waals surface area contributed by atoms with E-state index in [1.165, 1.54) is 11.1 Å². The molecule has 0 aliphatic carbocycles.